The highest BCUT2D eigenvalue weighted by Gasteiger charge is 2.21. The van der Waals surface area contributed by atoms with Crippen molar-refractivity contribution in [3.63, 3.8) is 0 Å². The molecule has 0 radical (unpaired) electrons. The first-order chi connectivity index (χ1) is 11.1. The lowest BCUT2D eigenvalue weighted by atomic mass is 9.92. The predicted octanol–water partition coefficient (Wildman–Crippen LogP) is 3.58. The summed E-state index contributed by atoms with van der Waals surface area (Å²) in [7, 11) is 1.73. The van der Waals surface area contributed by atoms with Crippen LogP contribution in [0, 0.1) is 0 Å². The molecule has 0 aliphatic heterocycles. The molecule has 1 aromatic carbocycles. The molecule has 0 saturated carbocycles. The number of hydrogen-bond donors (Lipinski definition) is 2. The van der Waals surface area contributed by atoms with Crippen LogP contribution >= 0.6 is 11.6 Å². The van der Waals surface area contributed by atoms with E-state index >= 15 is 0 Å². The highest BCUT2D eigenvalue weighted by atomic mass is 35.5. The monoisotopic (exact) mass is 348 g/mol. The van der Waals surface area contributed by atoms with Crippen LogP contribution < -0.4 is 10.6 Å². The number of aryl methyl sites for hydroxylation is 1. The fourth-order valence-corrected chi connectivity index (χ4v) is 2.29. The third kappa shape index (κ3) is 4.14. The van der Waals surface area contributed by atoms with Crippen molar-refractivity contribution in [3.05, 3.63) is 40.7 Å². The minimum atomic E-state index is -0.281. The Bertz CT molecular complexity index is 790. The van der Waals surface area contributed by atoms with E-state index in [1.807, 2.05) is 20.8 Å². The lowest BCUT2D eigenvalue weighted by molar-refractivity contribution is -0.114. The molecule has 0 spiro atoms. The van der Waals surface area contributed by atoms with E-state index in [2.05, 4.69) is 15.7 Å². The number of carbonyl (C=O) groups excluding carboxylic acids is 2. The zero-order chi connectivity index (χ0) is 18.1. The van der Waals surface area contributed by atoms with Gasteiger partial charge in [0, 0.05) is 25.1 Å². The summed E-state index contributed by atoms with van der Waals surface area (Å²) < 4.78 is 1.56. The first-order valence-corrected chi connectivity index (χ1v) is 7.89. The Morgan fingerprint density at radius 3 is 2.38 bits per heavy atom. The van der Waals surface area contributed by atoms with Crippen LogP contribution in [0.2, 0.25) is 5.02 Å². The van der Waals surface area contributed by atoms with Crippen molar-refractivity contribution in [2.45, 2.75) is 33.1 Å². The number of anilines is 2. The summed E-state index contributed by atoms with van der Waals surface area (Å²) in [5.41, 5.74) is 2.13. The first-order valence-electron chi connectivity index (χ1n) is 7.51. The van der Waals surface area contributed by atoms with Crippen molar-refractivity contribution in [2.75, 3.05) is 10.6 Å². The van der Waals surface area contributed by atoms with E-state index in [-0.39, 0.29) is 17.2 Å². The SMILES string of the molecule is CC(=O)Nc1cc(NC(=O)c2cc(C(C)(C)C)nn2C)ccc1Cl. The Morgan fingerprint density at radius 2 is 1.83 bits per heavy atom. The number of aromatic nitrogens is 2. The summed E-state index contributed by atoms with van der Waals surface area (Å²) in [6, 6.07) is 6.68. The fourth-order valence-electron chi connectivity index (χ4n) is 2.13. The van der Waals surface area contributed by atoms with Gasteiger partial charge in [-0.25, -0.2) is 0 Å². The van der Waals surface area contributed by atoms with Gasteiger partial charge in [-0.2, -0.15) is 5.10 Å². The van der Waals surface area contributed by atoms with E-state index in [4.69, 9.17) is 11.6 Å². The molecule has 0 unspecified atom stereocenters. The standard InChI is InChI=1S/C17H21ClN4O2/c1-10(23)19-13-8-11(6-7-12(13)18)20-16(24)14-9-15(17(2,3)4)21-22(14)5/h6-9H,1-5H3,(H,19,23)(H,20,24). The molecule has 0 aliphatic rings. The average Bonchev–Trinajstić information content (AvgIpc) is 2.84. The number of carbonyl (C=O) groups is 2. The van der Waals surface area contributed by atoms with Crippen molar-refractivity contribution in [1.82, 2.24) is 9.78 Å². The molecule has 1 aromatic heterocycles. The quantitative estimate of drug-likeness (QED) is 0.890. The van der Waals surface area contributed by atoms with E-state index in [0.717, 1.165) is 5.69 Å². The van der Waals surface area contributed by atoms with Crippen LogP contribution in [0.1, 0.15) is 43.9 Å². The molecule has 2 aromatic rings. The Kier molecular flexibility index (Phi) is 4.99. The van der Waals surface area contributed by atoms with Gasteiger partial charge < -0.3 is 10.6 Å². The Labute approximate surface area is 146 Å². The number of nitrogens with zero attached hydrogens (tertiary/aromatic N) is 2. The van der Waals surface area contributed by atoms with Crippen LogP contribution in [0.5, 0.6) is 0 Å². The smallest absolute Gasteiger partial charge is 0.273 e. The van der Waals surface area contributed by atoms with Crippen molar-refractivity contribution in [2.24, 2.45) is 7.05 Å². The lowest BCUT2D eigenvalue weighted by Gasteiger charge is -2.13. The summed E-state index contributed by atoms with van der Waals surface area (Å²) in [6.45, 7) is 7.51. The molecule has 7 heteroatoms. The van der Waals surface area contributed by atoms with Gasteiger partial charge in [-0.15, -0.1) is 0 Å². The Hall–Kier alpha value is -2.34. The minimum Gasteiger partial charge on any atom is -0.325 e. The summed E-state index contributed by atoms with van der Waals surface area (Å²) in [4.78, 5) is 23.7. The topological polar surface area (TPSA) is 76.0 Å². The highest BCUT2D eigenvalue weighted by molar-refractivity contribution is 6.33. The summed E-state index contributed by atoms with van der Waals surface area (Å²) in [5.74, 6) is -0.515. The van der Waals surface area contributed by atoms with E-state index in [1.54, 1.807) is 36.0 Å². The second kappa shape index (κ2) is 6.65. The maximum atomic E-state index is 12.5. The average molecular weight is 349 g/mol. The van der Waals surface area contributed by atoms with Crippen molar-refractivity contribution >= 4 is 34.8 Å². The second-order valence-corrected chi connectivity index (χ2v) is 7.03. The molecule has 2 N–H and O–H groups in total. The lowest BCUT2D eigenvalue weighted by Crippen LogP contribution is -2.16. The van der Waals surface area contributed by atoms with Crippen molar-refractivity contribution in [1.29, 1.82) is 0 Å². The van der Waals surface area contributed by atoms with Crippen LogP contribution in [-0.2, 0) is 17.3 Å². The molecule has 6 nitrogen and oxygen atoms in total. The molecular weight excluding hydrogens is 328 g/mol. The van der Waals surface area contributed by atoms with Gasteiger partial charge in [-0.3, -0.25) is 14.3 Å². The number of benzene rings is 1. The molecule has 0 saturated heterocycles. The highest BCUT2D eigenvalue weighted by Crippen LogP contribution is 2.26. The third-order valence-corrected chi connectivity index (χ3v) is 3.75. The third-order valence-electron chi connectivity index (χ3n) is 3.42. The molecule has 2 rings (SSSR count). The number of rotatable bonds is 3. The number of hydrogen-bond acceptors (Lipinski definition) is 3. The summed E-state index contributed by atoms with van der Waals surface area (Å²) in [6.07, 6.45) is 0. The molecule has 128 valence electrons. The van der Waals surface area contributed by atoms with E-state index in [1.165, 1.54) is 6.92 Å². The van der Waals surface area contributed by atoms with Gasteiger partial charge in [-0.05, 0) is 24.3 Å². The number of amides is 2. The van der Waals surface area contributed by atoms with Gasteiger partial charge in [0.15, 0.2) is 0 Å². The van der Waals surface area contributed by atoms with Crippen LogP contribution in [0.3, 0.4) is 0 Å². The van der Waals surface area contributed by atoms with Gasteiger partial charge in [0.05, 0.1) is 16.4 Å². The molecule has 2 amide bonds. The molecule has 0 bridgehead atoms. The minimum absolute atomic E-state index is 0.144. The van der Waals surface area contributed by atoms with Gasteiger partial charge in [0.25, 0.3) is 5.91 Å². The molecule has 1 heterocycles. The van der Waals surface area contributed by atoms with Gasteiger partial charge in [-0.1, -0.05) is 32.4 Å². The predicted molar refractivity (Wildman–Crippen MR) is 95.6 cm³/mol. The largest absolute Gasteiger partial charge is 0.325 e. The number of nitrogens with one attached hydrogen (secondary N) is 2. The van der Waals surface area contributed by atoms with Crippen LogP contribution in [-0.4, -0.2) is 21.6 Å². The fraction of sp³-hybridized carbons (Fsp3) is 0.353. The van der Waals surface area contributed by atoms with E-state index < -0.39 is 0 Å². The summed E-state index contributed by atoms with van der Waals surface area (Å²) in [5, 5.41) is 10.2. The van der Waals surface area contributed by atoms with Crippen LogP contribution in [0.4, 0.5) is 11.4 Å². The summed E-state index contributed by atoms with van der Waals surface area (Å²) >= 11 is 6.03. The zero-order valence-corrected chi connectivity index (χ0v) is 15.2. The first kappa shape index (κ1) is 18.0. The normalized spacial score (nSPS) is 11.2. The Balaban J connectivity index is 2.24. The molecule has 0 atom stereocenters. The maximum absolute atomic E-state index is 12.5. The maximum Gasteiger partial charge on any atom is 0.273 e. The van der Waals surface area contributed by atoms with E-state index in [0.29, 0.717) is 22.1 Å². The van der Waals surface area contributed by atoms with Crippen LogP contribution in [0.15, 0.2) is 24.3 Å². The van der Waals surface area contributed by atoms with Crippen molar-refractivity contribution in [3.8, 4) is 0 Å². The van der Waals surface area contributed by atoms with Gasteiger partial charge in [0.1, 0.15) is 5.69 Å². The molecular formula is C17H21ClN4O2. The molecule has 24 heavy (non-hydrogen) atoms. The second-order valence-electron chi connectivity index (χ2n) is 6.62. The molecule has 0 fully saturated rings. The van der Waals surface area contributed by atoms with Crippen molar-refractivity contribution < 1.29 is 9.59 Å². The molecule has 0 aliphatic carbocycles. The zero-order valence-electron chi connectivity index (χ0n) is 14.4. The van der Waals surface area contributed by atoms with Gasteiger partial charge in [0.2, 0.25) is 5.91 Å². The van der Waals surface area contributed by atoms with E-state index in [9.17, 15) is 9.59 Å². The number of halogens is 1. The van der Waals surface area contributed by atoms with Gasteiger partial charge >= 0.3 is 0 Å². The Morgan fingerprint density at radius 1 is 1.17 bits per heavy atom. The van der Waals surface area contributed by atoms with Crippen LogP contribution in [0.25, 0.3) is 0 Å².